The number of methoxy groups -OCH3 is 1. The Bertz CT molecular complexity index is 2680. The smallest absolute Gasteiger partial charge is 0.330 e. The van der Waals surface area contributed by atoms with Gasteiger partial charge in [-0.3, -0.25) is 9.59 Å². The molecular weight excluding hydrogens is 929 g/mol. The molecule has 6 atom stereocenters. The van der Waals surface area contributed by atoms with Gasteiger partial charge in [0.25, 0.3) is 0 Å². The van der Waals surface area contributed by atoms with Crippen LogP contribution in [0.25, 0.3) is 22.3 Å². The lowest BCUT2D eigenvalue weighted by Gasteiger charge is -2.34. The van der Waals surface area contributed by atoms with Crippen molar-refractivity contribution >= 4 is 72.5 Å². The van der Waals surface area contributed by atoms with E-state index in [1.807, 2.05) is 37.4 Å². The Morgan fingerprint density at radius 2 is 1.81 bits per heavy atom. The minimum Gasteiger partial charge on any atom is -0.497 e. The molecule has 9 rings (SSSR count). The molecule has 4 aromatic rings. The number of fused-ring (bicyclic) bond motifs is 4. The molecule has 5 N–H and O–H groups in total. The third kappa shape index (κ3) is 10.0. The van der Waals surface area contributed by atoms with Crippen molar-refractivity contribution in [2.45, 2.75) is 138 Å². The van der Waals surface area contributed by atoms with Gasteiger partial charge in [0.1, 0.15) is 40.9 Å². The van der Waals surface area contributed by atoms with Crippen LogP contribution < -0.4 is 30.7 Å². The third-order valence-corrected chi connectivity index (χ3v) is 17.7. The summed E-state index contributed by atoms with van der Waals surface area (Å²) in [6.07, 6.45) is 11.2. The highest BCUT2D eigenvalue weighted by Crippen LogP contribution is 2.46. The third-order valence-electron chi connectivity index (χ3n) is 14.0. The van der Waals surface area contributed by atoms with E-state index in [-0.39, 0.29) is 50.9 Å². The lowest BCUT2D eigenvalue weighted by Crippen LogP contribution is -2.58. The lowest BCUT2D eigenvalue weighted by atomic mass is 9.84. The fourth-order valence-corrected chi connectivity index (χ4v) is 14.0. The molecule has 2 aliphatic carbocycles. The molecule has 364 valence electrons. The number of thiazole rings is 1. The number of aliphatic carboxylic acids is 1. The summed E-state index contributed by atoms with van der Waals surface area (Å²) in [5, 5.41) is 27.8. The number of carboxylic acids is 1. The van der Waals surface area contributed by atoms with Crippen LogP contribution in [0.15, 0.2) is 58.1 Å². The Labute approximate surface area is 404 Å². The van der Waals surface area contributed by atoms with Crippen LogP contribution in [-0.2, 0) is 31.0 Å². The zero-order valence-electron chi connectivity index (χ0n) is 38.6. The number of ether oxygens (including phenoxy) is 2. The number of thiophene rings is 1. The monoisotopic (exact) mass is 988 g/mol. The first kappa shape index (κ1) is 47.7. The number of sulfonamides is 1. The van der Waals surface area contributed by atoms with Crippen LogP contribution in [0.1, 0.15) is 95.8 Å². The summed E-state index contributed by atoms with van der Waals surface area (Å²) in [7, 11) is -2.15. The van der Waals surface area contributed by atoms with Crippen molar-refractivity contribution in [3.63, 3.8) is 0 Å². The SMILES string of the molecule is COc1ccc2c(O[C@@H]3C[C@H]4C(=O)N[C@]5(C(=O)O)CC5C=CCCCCC[C@H](NC(=O)N[C@H](CN5Cc6sccc6S5(=O)=O)C5CCCCC5)C(=O)N4C3)cc(-c3csc(NC(C)C)n3)nc2c1. The number of carbonyl (C=O) groups excluding carboxylic acids is 3. The molecule has 2 saturated carbocycles. The van der Waals surface area contributed by atoms with Gasteiger partial charge in [-0.15, -0.1) is 22.7 Å². The number of allylic oxidation sites excluding steroid dienone is 1. The van der Waals surface area contributed by atoms with Gasteiger partial charge in [-0.05, 0) is 81.9 Å². The number of nitrogens with one attached hydrogen (secondary N) is 4. The molecule has 68 heavy (non-hydrogen) atoms. The normalized spacial score (nSPS) is 25.9. The minimum absolute atomic E-state index is 0.0315. The number of hydrogen-bond acceptors (Lipinski definition) is 13. The Hall–Kier alpha value is -5.31. The first-order valence-corrected chi connectivity index (χ1v) is 27.0. The number of anilines is 1. The molecule has 0 spiro atoms. The summed E-state index contributed by atoms with van der Waals surface area (Å²) in [6, 6.07) is 5.76. The summed E-state index contributed by atoms with van der Waals surface area (Å²) in [6.45, 7) is 4.38. The van der Waals surface area contributed by atoms with Gasteiger partial charge in [-0.1, -0.05) is 44.3 Å². The van der Waals surface area contributed by atoms with E-state index >= 15 is 4.79 Å². The fourth-order valence-electron chi connectivity index (χ4n) is 10.2. The predicted molar refractivity (Wildman–Crippen MR) is 259 cm³/mol. The van der Waals surface area contributed by atoms with E-state index in [1.165, 1.54) is 31.9 Å². The van der Waals surface area contributed by atoms with Gasteiger partial charge in [0.2, 0.25) is 21.8 Å². The van der Waals surface area contributed by atoms with Gasteiger partial charge in [0.05, 0.1) is 29.8 Å². The molecule has 1 aromatic carbocycles. The highest BCUT2D eigenvalue weighted by Gasteiger charge is 2.61. The van der Waals surface area contributed by atoms with Crippen molar-refractivity contribution in [3.8, 4) is 22.9 Å². The fraction of sp³-hybridized carbons (Fsp3) is 0.542. The predicted octanol–water partition coefficient (Wildman–Crippen LogP) is 6.90. The van der Waals surface area contributed by atoms with Crippen LogP contribution in [-0.4, -0.2) is 113 Å². The van der Waals surface area contributed by atoms with E-state index in [0.717, 1.165) is 55.0 Å². The van der Waals surface area contributed by atoms with Gasteiger partial charge >= 0.3 is 12.0 Å². The number of hydrogen-bond donors (Lipinski definition) is 5. The number of aromatic nitrogens is 2. The van der Waals surface area contributed by atoms with Gasteiger partial charge in [-0.25, -0.2) is 28.0 Å². The molecule has 0 bridgehead atoms. The van der Waals surface area contributed by atoms with Crippen molar-refractivity contribution in [2.75, 3.05) is 25.5 Å². The number of benzene rings is 1. The number of carbonyl (C=O) groups is 4. The van der Waals surface area contributed by atoms with Crippen molar-refractivity contribution in [3.05, 3.63) is 58.1 Å². The summed E-state index contributed by atoms with van der Waals surface area (Å²) in [4.78, 5) is 68.9. The Kier molecular flexibility index (Phi) is 14.0. The van der Waals surface area contributed by atoms with E-state index in [9.17, 15) is 27.9 Å². The average molecular weight is 989 g/mol. The van der Waals surface area contributed by atoms with Crippen LogP contribution in [0.4, 0.5) is 9.93 Å². The average Bonchev–Trinajstić information content (AvgIpc) is 3.79. The first-order valence-electron chi connectivity index (χ1n) is 23.8. The topological polar surface area (TPSA) is 221 Å². The van der Waals surface area contributed by atoms with Crippen LogP contribution in [0.2, 0.25) is 0 Å². The summed E-state index contributed by atoms with van der Waals surface area (Å²) in [5.41, 5.74) is 0.255. The highest BCUT2D eigenvalue weighted by molar-refractivity contribution is 7.89. The Morgan fingerprint density at radius 3 is 2.57 bits per heavy atom. The second-order valence-corrected chi connectivity index (χ2v) is 22.8. The molecule has 6 heterocycles. The van der Waals surface area contributed by atoms with Crippen molar-refractivity contribution < 1.29 is 42.2 Å². The summed E-state index contributed by atoms with van der Waals surface area (Å²) in [5.74, 6) is -1.57. The maximum atomic E-state index is 15.1. The minimum atomic E-state index is -3.72. The van der Waals surface area contributed by atoms with Crippen molar-refractivity contribution in [1.82, 2.24) is 35.1 Å². The zero-order valence-corrected chi connectivity index (χ0v) is 41.0. The molecule has 3 fully saturated rings. The first-order chi connectivity index (χ1) is 32.7. The van der Waals surface area contributed by atoms with Crippen LogP contribution in [0, 0.1) is 11.8 Å². The van der Waals surface area contributed by atoms with Crippen LogP contribution >= 0.6 is 22.7 Å². The molecule has 3 aliphatic heterocycles. The number of urea groups is 1. The quantitative estimate of drug-likeness (QED) is 0.0916. The van der Waals surface area contributed by atoms with Gasteiger partial charge < -0.3 is 40.7 Å². The number of rotatable bonds is 12. The second-order valence-electron chi connectivity index (χ2n) is 19.0. The number of amides is 4. The summed E-state index contributed by atoms with van der Waals surface area (Å²) < 4.78 is 40.9. The van der Waals surface area contributed by atoms with Crippen molar-refractivity contribution in [1.29, 1.82) is 0 Å². The number of carboxylic acid groups (broad SMARTS) is 1. The highest BCUT2D eigenvalue weighted by atomic mass is 32.2. The van der Waals surface area contributed by atoms with Crippen molar-refractivity contribution in [2.24, 2.45) is 11.8 Å². The molecule has 1 saturated heterocycles. The van der Waals surface area contributed by atoms with Crippen LogP contribution in [0.5, 0.6) is 11.5 Å². The molecular formula is C48H60N8O9S3. The van der Waals surface area contributed by atoms with E-state index in [0.29, 0.717) is 51.5 Å². The standard InChI is InChI=1S/C48H60N8O9S3/c1-28(2)49-47-53-38(27-67-47)36-22-40(33-17-16-31(64-3)20-35(33)50-36)65-32-21-39-43(57)54-48(45(59)60)23-30(48)14-10-5-4-6-11-15-34(44(58)56(39)24-32)51-46(61)52-37(29-12-8-7-9-13-29)25-55-26-41-42(18-19-66-41)68(55,62)63/h10,14,16-20,22,27-30,32,34,37,39H,4-9,11-13,15,21,23-26H2,1-3H3,(H,49,53)(H,54,57)(H,59,60)(H2,51,52,61)/t30?,32-,34+,37-,39+,48-/m1/s1. The molecule has 20 heteroatoms. The summed E-state index contributed by atoms with van der Waals surface area (Å²) >= 11 is 2.86. The maximum Gasteiger partial charge on any atom is 0.330 e. The lowest BCUT2D eigenvalue weighted by molar-refractivity contribution is -0.145. The van der Waals surface area contributed by atoms with Gasteiger partial charge in [-0.2, -0.15) is 4.31 Å². The van der Waals surface area contributed by atoms with E-state index in [4.69, 9.17) is 19.4 Å². The Morgan fingerprint density at radius 1 is 1.01 bits per heavy atom. The largest absolute Gasteiger partial charge is 0.497 e. The van der Waals surface area contributed by atoms with Gasteiger partial charge in [0, 0.05) is 65.3 Å². The van der Waals surface area contributed by atoms with E-state index < -0.39 is 69.5 Å². The molecule has 4 amide bonds. The molecule has 0 radical (unpaired) electrons. The Balaban J connectivity index is 1.00. The molecule has 17 nitrogen and oxygen atoms in total. The van der Waals surface area contributed by atoms with Crippen LogP contribution in [0.3, 0.4) is 0 Å². The van der Waals surface area contributed by atoms with E-state index in [1.54, 1.807) is 36.8 Å². The number of nitrogens with zero attached hydrogens (tertiary/aromatic N) is 4. The maximum absolute atomic E-state index is 15.1. The molecule has 5 aliphatic rings. The molecule has 1 unspecified atom stereocenters. The molecule has 3 aromatic heterocycles. The second kappa shape index (κ2) is 20.0. The van der Waals surface area contributed by atoms with Gasteiger partial charge in [0.15, 0.2) is 5.13 Å². The zero-order chi connectivity index (χ0) is 47.7. The van der Waals surface area contributed by atoms with E-state index in [2.05, 4.69) is 21.3 Å². The number of pyridine rings is 1.